The lowest BCUT2D eigenvalue weighted by atomic mass is 10.1. The zero-order valence-electron chi connectivity index (χ0n) is 11.3. The van der Waals surface area contributed by atoms with Crippen molar-refractivity contribution in [3.63, 3.8) is 0 Å². The third-order valence-corrected chi connectivity index (χ3v) is 4.20. The lowest BCUT2D eigenvalue weighted by Crippen LogP contribution is -2.37. The van der Waals surface area contributed by atoms with Gasteiger partial charge in [0.25, 0.3) is 0 Å². The summed E-state index contributed by atoms with van der Waals surface area (Å²) in [6, 6.07) is 16.7. The second-order valence-electron chi connectivity index (χ2n) is 5.10. The number of nitrogens with one attached hydrogen (secondary N) is 1. The Morgan fingerprint density at radius 1 is 1.05 bits per heavy atom. The minimum atomic E-state index is 0.280. The van der Waals surface area contributed by atoms with Crippen LogP contribution in [0.5, 0.6) is 5.75 Å². The Kier molecular flexibility index (Phi) is 4.38. The summed E-state index contributed by atoms with van der Waals surface area (Å²) in [4.78, 5) is 0. The molecule has 104 valence electrons. The molecule has 0 aromatic heterocycles. The Hall–Kier alpha value is -1.32. The van der Waals surface area contributed by atoms with Gasteiger partial charge in [0.05, 0.1) is 4.47 Å². The molecule has 3 rings (SSSR count). The molecule has 1 saturated heterocycles. The third-order valence-electron chi connectivity index (χ3n) is 3.58. The smallest absolute Gasteiger partial charge is 0.134 e. The van der Waals surface area contributed by atoms with Crippen molar-refractivity contribution >= 4 is 15.9 Å². The van der Waals surface area contributed by atoms with E-state index in [1.807, 2.05) is 6.07 Å². The first-order valence-electron chi connectivity index (χ1n) is 7.05. The minimum absolute atomic E-state index is 0.280. The van der Waals surface area contributed by atoms with Crippen LogP contribution in [0.4, 0.5) is 0 Å². The van der Waals surface area contributed by atoms with Crippen LogP contribution in [0.2, 0.25) is 0 Å². The molecular weight excluding hydrogens is 314 g/mol. The number of piperidine rings is 1. The lowest BCUT2D eigenvalue weighted by Gasteiger charge is -2.24. The highest BCUT2D eigenvalue weighted by atomic mass is 79.9. The Bertz CT molecular complexity index is 564. The van der Waals surface area contributed by atoms with E-state index in [2.05, 4.69) is 63.7 Å². The van der Waals surface area contributed by atoms with E-state index >= 15 is 0 Å². The van der Waals surface area contributed by atoms with Crippen LogP contribution in [-0.4, -0.2) is 19.2 Å². The standard InChI is InChI=1S/C17H18BrNO/c18-16-11-14(13-5-2-1-3-6-13)8-9-17(16)20-15-7-4-10-19-12-15/h1-3,5-6,8-9,11,15,19H,4,7,10,12H2/t15-/m1/s1. The molecule has 0 amide bonds. The average molecular weight is 332 g/mol. The number of benzene rings is 2. The fourth-order valence-electron chi connectivity index (χ4n) is 2.51. The van der Waals surface area contributed by atoms with Crippen molar-refractivity contribution in [3.05, 3.63) is 53.0 Å². The van der Waals surface area contributed by atoms with Gasteiger partial charge in [0.15, 0.2) is 0 Å². The highest BCUT2D eigenvalue weighted by molar-refractivity contribution is 9.10. The van der Waals surface area contributed by atoms with E-state index < -0.39 is 0 Å². The van der Waals surface area contributed by atoms with E-state index in [0.717, 1.165) is 29.7 Å². The van der Waals surface area contributed by atoms with E-state index in [1.165, 1.54) is 17.5 Å². The normalized spacial score (nSPS) is 18.8. The van der Waals surface area contributed by atoms with Gasteiger partial charge in [0.1, 0.15) is 11.9 Å². The summed E-state index contributed by atoms with van der Waals surface area (Å²) in [5.74, 6) is 0.929. The summed E-state index contributed by atoms with van der Waals surface area (Å²) in [5, 5.41) is 3.37. The number of halogens is 1. The molecular formula is C17H18BrNO. The van der Waals surface area contributed by atoms with E-state index in [9.17, 15) is 0 Å². The molecule has 0 spiro atoms. The monoisotopic (exact) mass is 331 g/mol. The molecule has 1 fully saturated rings. The predicted octanol–water partition coefficient (Wildman–Crippen LogP) is 4.25. The van der Waals surface area contributed by atoms with E-state index in [-0.39, 0.29) is 6.10 Å². The van der Waals surface area contributed by atoms with Gasteiger partial charge in [-0.15, -0.1) is 0 Å². The van der Waals surface area contributed by atoms with E-state index in [0.29, 0.717) is 0 Å². The van der Waals surface area contributed by atoms with E-state index in [1.54, 1.807) is 0 Å². The molecule has 1 aliphatic heterocycles. The first kappa shape index (κ1) is 13.7. The Balaban J connectivity index is 1.77. The molecule has 0 saturated carbocycles. The van der Waals surface area contributed by atoms with Crippen molar-refractivity contribution in [3.8, 4) is 16.9 Å². The van der Waals surface area contributed by atoms with Gasteiger partial charge in [-0.05, 0) is 58.6 Å². The van der Waals surface area contributed by atoms with Crippen LogP contribution in [0.25, 0.3) is 11.1 Å². The minimum Gasteiger partial charge on any atom is -0.488 e. The Labute approximate surface area is 128 Å². The zero-order valence-corrected chi connectivity index (χ0v) is 12.9. The van der Waals surface area contributed by atoms with Crippen LogP contribution in [0.3, 0.4) is 0 Å². The van der Waals surface area contributed by atoms with Crippen LogP contribution in [0, 0.1) is 0 Å². The van der Waals surface area contributed by atoms with Crippen molar-refractivity contribution < 1.29 is 4.74 Å². The van der Waals surface area contributed by atoms with Crippen LogP contribution in [0.15, 0.2) is 53.0 Å². The summed E-state index contributed by atoms with van der Waals surface area (Å²) in [6.45, 7) is 2.04. The number of hydrogen-bond acceptors (Lipinski definition) is 2. The average Bonchev–Trinajstić information content (AvgIpc) is 2.51. The fourth-order valence-corrected chi connectivity index (χ4v) is 2.98. The van der Waals surface area contributed by atoms with Crippen LogP contribution in [0.1, 0.15) is 12.8 Å². The summed E-state index contributed by atoms with van der Waals surface area (Å²) >= 11 is 3.63. The second-order valence-corrected chi connectivity index (χ2v) is 5.95. The SMILES string of the molecule is Brc1cc(-c2ccccc2)ccc1O[C@@H]1CCCNC1. The van der Waals surface area contributed by atoms with Gasteiger partial charge in [-0.25, -0.2) is 0 Å². The number of hydrogen-bond donors (Lipinski definition) is 1. The summed E-state index contributed by atoms with van der Waals surface area (Å²) < 4.78 is 7.09. The van der Waals surface area contributed by atoms with Gasteiger partial charge in [-0.2, -0.15) is 0 Å². The molecule has 0 unspecified atom stereocenters. The quantitative estimate of drug-likeness (QED) is 0.907. The topological polar surface area (TPSA) is 21.3 Å². The van der Waals surface area contributed by atoms with Crippen LogP contribution < -0.4 is 10.1 Å². The van der Waals surface area contributed by atoms with Crippen LogP contribution in [-0.2, 0) is 0 Å². The molecule has 2 aromatic rings. The van der Waals surface area contributed by atoms with Gasteiger partial charge >= 0.3 is 0 Å². The molecule has 1 N–H and O–H groups in total. The van der Waals surface area contributed by atoms with Gasteiger partial charge in [0, 0.05) is 6.54 Å². The molecule has 1 atom stereocenters. The maximum Gasteiger partial charge on any atom is 0.134 e. The fraction of sp³-hybridized carbons (Fsp3) is 0.294. The first-order chi connectivity index (χ1) is 9.83. The highest BCUT2D eigenvalue weighted by Gasteiger charge is 2.15. The zero-order chi connectivity index (χ0) is 13.8. The molecule has 0 radical (unpaired) electrons. The van der Waals surface area contributed by atoms with Crippen molar-refractivity contribution in [1.29, 1.82) is 0 Å². The molecule has 2 nitrogen and oxygen atoms in total. The maximum atomic E-state index is 6.07. The number of ether oxygens (including phenoxy) is 1. The molecule has 1 heterocycles. The van der Waals surface area contributed by atoms with Crippen molar-refractivity contribution in [2.45, 2.75) is 18.9 Å². The summed E-state index contributed by atoms with van der Waals surface area (Å²) in [5.41, 5.74) is 2.42. The molecule has 20 heavy (non-hydrogen) atoms. The van der Waals surface area contributed by atoms with Crippen molar-refractivity contribution in [2.24, 2.45) is 0 Å². The second kappa shape index (κ2) is 6.42. The van der Waals surface area contributed by atoms with Gasteiger partial charge < -0.3 is 10.1 Å². The lowest BCUT2D eigenvalue weighted by molar-refractivity contribution is 0.166. The van der Waals surface area contributed by atoms with Crippen molar-refractivity contribution in [1.82, 2.24) is 5.32 Å². The maximum absolute atomic E-state index is 6.07. The molecule has 1 aliphatic rings. The number of rotatable bonds is 3. The van der Waals surface area contributed by atoms with Gasteiger partial charge in [-0.1, -0.05) is 36.4 Å². The highest BCUT2D eigenvalue weighted by Crippen LogP contribution is 2.31. The molecule has 0 bridgehead atoms. The largest absolute Gasteiger partial charge is 0.488 e. The molecule has 2 aromatic carbocycles. The summed E-state index contributed by atoms with van der Waals surface area (Å²) in [6.07, 6.45) is 2.59. The van der Waals surface area contributed by atoms with Gasteiger partial charge in [-0.3, -0.25) is 0 Å². The Morgan fingerprint density at radius 3 is 2.60 bits per heavy atom. The predicted molar refractivity (Wildman–Crippen MR) is 86.1 cm³/mol. The summed E-state index contributed by atoms with van der Waals surface area (Å²) in [7, 11) is 0. The third kappa shape index (κ3) is 3.22. The first-order valence-corrected chi connectivity index (χ1v) is 7.84. The van der Waals surface area contributed by atoms with Gasteiger partial charge in [0.2, 0.25) is 0 Å². The van der Waals surface area contributed by atoms with Crippen molar-refractivity contribution in [2.75, 3.05) is 13.1 Å². The molecule has 0 aliphatic carbocycles. The Morgan fingerprint density at radius 2 is 1.90 bits per heavy atom. The van der Waals surface area contributed by atoms with Crippen LogP contribution >= 0.6 is 15.9 Å². The molecule has 3 heteroatoms. The van der Waals surface area contributed by atoms with E-state index in [4.69, 9.17) is 4.74 Å².